The number of anilines is 3. The molecule has 0 unspecified atom stereocenters. The number of likely N-dealkylation sites (N-methyl/N-ethyl adjacent to an activating group) is 1. The maximum Gasteiger partial charge on any atom is 0.255 e. The van der Waals surface area contributed by atoms with Gasteiger partial charge in [-0.05, 0) is 68.3 Å². The Bertz CT molecular complexity index is 1620. The van der Waals surface area contributed by atoms with Crippen molar-refractivity contribution in [1.29, 1.82) is 0 Å². The van der Waals surface area contributed by atoms with Crippen molar-refractivity contribution in [3.63, 3.8) is 0 Å². The van der Waals surface area contributed by atoms with E-state index in [-0.39, 0.29) is 5.91 Å². The molecule has 228 valence electrons. The molecule has 1 amide bonds. The van der Waals surface area contributed by atoms with Gasteiger partial charge < -0.3 is 15.5 Å². The first-order valence-corrected chi connectivity index (χ1v) is 15.4. The Morgan fingerprint density at radius 1 is 0.909 bits per heavy atom. The van der Waals surface area contributed by atoms with Crippen molar-refractivity contribution in [2.75, 3.05) is 43.9 Å². The maximum atomic E-state index is 13.1. The third kappa shape index (κ3) is 8.53. The number of carbonyl (C=O) groups excluding carboxylic acids is 1. The smallest absolute Gasteiger partial charge is 0.255 e. The molecule has 9 heteroatoms. The van der Waals surface area contributed by atoms with E-state index < -0.39 is 0 Å². The Morgan fingerprint density at radius 2 is 1.70 bits per heavy atom. The summed E-state index contributed by atoms with van der Waals surface area (Å²) < 4.78 is 1.93. The van der Waals surface area contributed by atoms with Gasteiger partial charge in [-0.3, -0.25) is 14.4 Å². The van der Waals surface area contributed by atoms with Gasteiger partial charge in [0.25, 0.3) is 5.91 Å². The average molecular weight is 591 g/mol. The molecule has 0 radical (unpaired) electrons. The molecule has 0 atom stereocenters. The number of hydrogen-bond acceptors (Lipinski definition) is 7. The number of unbranched alkanes of at least 4 members (excludes halogenated alkanes) is 2. The Labute approximate surface area is 260 Å². The van der Waals surface area contributed by atoms with Gasteiger partial charge in [0.2, 0.25) is 5.95 Å². The number of piperazine rings is 1. The van der Waals surface area contributed by atoms with Crippen LogP contribution in [0.5, 0.6) is 0 Å². The van der Waals surface area contributed by atoms with Crippen molar-refractivity contribution in [1.82, 2.24) is 29.5 Å². The lowest BCUT2D eigenvalue weighted by Gasteiger charge is -2.32. The molecule has 1 fully saturated rings. The molecule has 1 aliphatic heterocycles. The van der Waals surface area contributed by atoms with E-state index >= 15 is 0 Å². The van der Waals surface area contributed by atoms with Crippen molar-refractivity contribution >= 4 is 23.2 Å². The van der Waals surface area contributed by atoms with E-state index in [0.717, 1.165) is 68.2 Å². The van der Waals surface area contributed by atoms with E-state index in [1.807, 2.05) is 42.1 Å². The zero-order valence-corrected chi connectivity index (χ0v) is 26.2. The van der Waals surface area contributed by atoms with Crippen LogP contribution in [0.25, 0.3) is 0 Å². The highest BCUT2D eigenvalue weighted by Crippen LogP contribution is 2.20. The Hall–Kier alpha value is -4.52. The fourth-order valence-electron chi connectivity index (χ4n) is 5.10. The predicted molar refractivity (Wildman–Crippen MR) is 176 cm³/mol. The van der Waals surface area contributed by atoms with Crippen molar-refractivity contribution in [2.24, 2.45) is 0 Å². The van der Waals surface area contributed by atoms with Gasteiger partial charge in [-0.25, -0.2) is 9.97 Å². The van der Waals surface area contributed by atoms with Crippen LogP contribution in [0.4, 0.5) is 17.3 Å². The first kappa shape index (κ1) is 30.9. The molecule has 1 saturated heterocycles. The van der Waals surface area contributed by atoms with Gasteiger partial charge in [0.1, 0.15) is 0 Å². The lowest BCUT2D eigenvalue weighted by atomic mass is 10.0. The summed E-state index contributed by atoms with van der Waals surface area (Å²) in [6, 6.07) is 11.8. The second kappa shape index (κ2) is 14.8. The van der Waals surface area contributed by atoms with Gasteiger partial charge in [-0.1, -0.05) is 43.7 Å². The minimum absolute atomic E-state index is 0.160. The van der Waals surface area contributed by atoms with Crippen LogP contribution in [0.2, 0.25) is 0 Å². The predicted octanol–water partition coefficient (Wildman–Crippen LogP) is 5.62. The number of carbonyl (C=O) groups is 1. The van der Waals surface area contributed by atoms with Crippen molar-refractivity contribution in [3.05, 3.63) is 94.6 Å². The number of amides is 1. The SMILES string of the molecule is CCCCCn1cc(Nc2ncc(C#Cc3cc(C(=O)Nc4ccc(CN5CCN(C)CC5)c(C)c4)ccc3C)cn2)cn1. The standard InChI is InChI=1S/C35H42N8O/c1-5-6-7-14-43-25-33(23-38-43)40-35-36-21-28(22-37-35)9-11-29-20-30(10-8-26(29)2)34(44)39-32-13-12-31(27(3)19-32)24-42-17-15-41(4)16-18-42/h8,10,12-13,19-23,25H,5-7,14-18,24H2,1-4H3,(H,39,44)(H,36,37,40). The second-order valence-electron chi connectivity index (χ2n) is 11.6. The van der Waals surface area contributed by atoms with Gasteiger partial charge >= 0.3 is 0 Å². The highest BCUT2D eigenvalue weighted by Gasteiger charge is 2.15. The molecule has 2 N–H and O–H groups in total. The highest BCUT2D eigenvalue weighted by atomic mass is 16.1. The number of nitrogens with one attached hydrogen (secondary N) is 2. The molecular weight excluding hydrogens is 548 g/mol. The van der Waals surface area contributed by atoms with E-state index in [1.165, 1.54) is 24.0 Å². The van der Waals surface area contributed by atoms with Gasteiger partial charge in [0.15, 0.2) is 0 Å². The second-order valence-corrected chi connectivity index (χ2v) is 11.6. The monoisotopic (exact) mass is 590 g/mol. The molecular formula is C35H42N8O. The number of nitrogens with zero attached hydrogens (tertiary/aromatic N) is 6. The van der Waals surface area contributed by atoms with Gasteiger partial charge in [0, 0.05) is 74.7 Å². The van der Waals surface area contributed by atoms with Crippen molar-refractivity contribution in [3.8, 4) is 11.8 Å². The molecule has 9 nitrogen and oxygen atoms in total. The van der Waals surface area contributed by atoms with E-state index in [2.05, 4.69) is 80.4 Å². The highest BCUT2D eigenvalue weighted by molar-refractivity contribution is 6.04. The summed E-state index contributed by atoms with van der Waals surface area (Å²) in [7, 11) is 2.17. The summed E-state index contributed by atoms with van der Waals surface area (Å²) in [5.74, 6) is 6.65. The Morgan fingerprint density at radius 3 is 2.45 bits per heavy atom. The van der Waals surface area contributed by atoms with E-state index in [1.54, 1.807) is 18.6 Å². The molecule has 2 aromatic heterocycles. The minimum Gasteiger partial charge on any atom is -0.322 e. The Balaban J connectivity index is 1.18. The number of hydrogen-bond donors (Lipinski definition) is 2. The van der Waals surface area contributed by atoms with Crippen LogP contribution in [0, 0.1) is 25.7 Å². The zero-order chi connectivity index (χ0) is 30.9. The van der Waals surface area contributed by atoms with E-state index in [9.17, 15) is 4.79 Å². The molecule has 2 aromatic carbocycles. The summed E-state index contributed by atoms with van der Waals surface area (Å²) >= 11 is 0. The summed E-state index contributed by atoms with van der Waals surface area (Å²) in [4.78, 5) is 26.8. The third-order valence-corrected chi connectivity index (χ3v) is 7.96. The maximum absolute atomic E-state index is 13.1. The molecule has 3 heterocycles. The van der Waals surface area contributed by atoms with Gasteiger partial charge in [-0.2, -0.15) is 5.10 Å². The lowest BCUT2D eigenvalue weighted by Crippen LogP contribution is -2.43. The van der Waals surface area contributed by atoms with E-state index in [0.29, 0.717) is 17.1 Å². The fourth-order valence-corrected chi connectivity index (χ4v) is 5.10. The van der Waals surface area contributed by atoms with Crippen LogP contribution in [0.1, 0.15) is 64.4 Å². The molecule has 0 saturated carbocycles. The molecule has 1 aliphatic rings. The normalized spacial score (nSPS) is 13.7. The molecule has 0 aliphatic carbocycles. The van der Waals surface area contributed by atoms with Crippen LogP contribution >= 0.6 is 0 Å². The van der Waals surface area contributed by atoms with Gasteiger partial charge in [0.05, 0.1) is 17.4 Å². The Kier molecular flexibility index (Phi) is 10.4. The molecule has 5 rings (SSSR count). The van der Waals surface area contributed by atoms with Crippen LogP contribution < -0.4 is 10.6 Å². The zero-order valence-electron chi connectivity index (χ0n) is 26.2. The number of aryl methyl sites for hydroxylation is 3. The van der Waals surface area contributed by atoms with Gasteiger partial charge in [-0.15, -0.1) is 0 Å². The third-order valence-electron chi connectivity index (χ3n) is 7.96. The van der Waals surface area contributed by atoms with Crippen molar-refractivity contribution in [2.45, 2.75) is 53.1 Å². The quantitative estimate of drug-likeness (QED) is 0.183. The van der Waals surface area contributed by atoms with E-state index in [4.69, 9.17) is 0 Å². The largest absolute Gasteiger partial charge is 0.322 e. The first-order valence-electron chi connectivity index (χ1n) is 15.4. The average Bonchev–Trinajstić information content (AvgIpc) is 3.47. The van der Waals surface area contributed by atoms with Crippen LogP contribution in [-0.2, 0) is 13.1 Å². The summed E-state index contributed by atoms with van der Waals surface area (Å²) in [5, 5.41) is 10.6. The molecule has 44 heavy (non-hydrogen) atoms. The molecule has 0 spiro atoms. The molecule has 0 bridgehead atoms. The van der Waals surface area contributed by atoms with Crippen LogP contribution in [0.15, 0.2) is 61.2 Å². The summed E-state index contributed by atoms with van der Waals surface area (Å²) in [5.41, 5.74) is 7.14. The van der Waals surface area contributed by atoms with Crippen LogP contribution in [-0.4, -0.2) is 68.7 Å². The number of aromatic nitrogens is 4. The molecule has 4 aromatic rings. The number of rotatable bonds is 10. The number of benzene rings is 2. The fraction of sp³-hybridized carbons (Fsp3) is 0.371. The topological polar surface area (TPSA) is 91.2 Å². The lowest BCUT2D eigenvalue weighted by molar-refractivity contribution is 0.102. The minimum atomic E-state index is -0.160. The summed E-state index contributed by atoms with van der Waals surface area (Å²) in [6.07, 6.45) is 10.6. The summed E-state index contributed by atoms with van der Waals surface area (Å²) in [6.45, 7) is 12.5. The van der Waals surface area contributed by atoms with Crippen LogP contribution in [0.3, 0.4) is 0 Å². The van der Waals surface area contributed by atoms with Crippen molar-refractivity contribution < 1.29 is 4.79 Å². The first-order chi connectivity index (χ1) is 21.4.